The molecule has 0 saturated heterocycles. The van der Waals surface area contributed by atoms with Crippen LogP contribution in [0, 0.1) is 5.92 Å². The Kier molecular flexibility index (Phi) is 3.92. The Morgan fingerprint density at radius 1 is 1.44 bits per heavy atom. The van der Waals surface area contributed by atoms with Gasteiger partial charge in [-0.2, -0.15) is 0 Å². The summed E-state index contributed by atoms with van der Waals surface area (Å²) in [5, 5.41) is 5.30. The van der Waals surface area contributed by atoms with Crippen LogP contribution in [0.3, 0.4) is 0 Å². The third-order valence-electron chi connectivity index (χ3n) is 3.04. The van der Waals surface area contributed by atoms with E-state index in [4.69, 9.17) is 0 Å². The molecule has 1 aromatic rings. The molecule has 18 heavy (non-hydrogen) atoms. The van der Waals surface area contributed by atoms with Crippen molar-refractivity contribution in [2.45, 2.75) is 19.3 Å². The fourth-order valence-corrected chi connectivity index (χ4v) is 2.01. The lowest BCUT2D eigenvalue weighted by atomic mass is 10.1. The Labute approximate surface area is 106 Å². The molecule has 2 N–H and O–H groups in total. The smallest absolute Gasteiger partial charge is 0.239 e. The van der Waals surface area contributed by atoms with Crippen LogP contribution in [-0.4, -0.2) is 29.9 Å². The first kappa shape index (κ1) is 12.5. The third kappa shape index (κ3) is 3.06. The zero-order chi connectivity index (χ0) is 13.0. The molecule has 1 heterocycles. The van der Waals surface area contributed by atoms with E-state index in [9.17, 15) is 9.59 Å². The highest BCUT2D eigenvalue weighted by Crippen LogP contribution is 2.47. The minimum absolute atomic E-state index is 0.0105. The number of nitrogens with one attached hydrogen (secondary N) is 2. The van der Waals surface area contributed by atoms with Gasteiger partial charge in [-0.15, -0.1) is 0 Å². The van der Waals surface area contributed by atoms with Gasteiger partial charge in [-0.25, -0.2) is 0 Å². The molecule has 0 bridgehead atoms. The Balaban J connectivity index is 1.78. The highest BCUT2D eigenvalue weighted by atomic mass is 16.2. The summed E-state index contributed by atoms with van der Waals surface area (Å²) in [4.78, 5) is 27.0. The molecule has 2 amide bonds. The van der Waals surface area contributed by atoms with E-state index in [0.717, 1.165) is 12.0 Å². The van der Waals surface area contributed by atoms with Crippen molar-refractivity contribution in [3.05, 3.63) is 30.1 Å². The van der Waals surface area contributed by atoms with Gasteiger partial charge in [-0.3, -0.25) is 14.6 Å². The number of amides is 2. The van der Waals surface area contributed by atoms with Crippen LogP contribution in [0.2, 0.25) is 0 Å². The Hall–Kier alpha value is -1.91. The van der Waals surface area contributed by atoms with E-state index in [0.29, 0.717) is 6.54 Å². The summed E-state index contributed by atoms with van der Waals surface area (Å²) in [6, 6.07) is 3.85. The maximum Gasteiger partial charge on any atom is 0.239 e. The number of hydrogen-bond donors (Lipinski definition) is 2. The fraction of sp³-hybridized carbons (Fsp3) is 0.462. The van der Waals surface area contributed by atoms with E-state index in [1.807, 2.05) is 19.1 Å². The molecule has 2 unspecified atom stereocenters. The molecule has 1 saturated carbocycles. The predicted molar refractivity (Wildman–Crippen MR) is 66.8 cm³/mol. The quantitative estimate of drug-likeness (QED) is 0.793. The van der Waals surface area contributed by atoms with Crippen molar-refractivity contribution in [2.75, 3.05) is 13.1 Å². The van der Waals surface area contributed by atoms with E-state index < -0.39 is 0 Å². The molecule has 96 valence electrons. The number of pyridine rings is 1. The summed E-state index contributed by atoms with van der Waals surface area (Å²) in [6.45, 7) is 2.48. The molecule has 1 aliphatic carbocycles. The standard InChI is InChI=1S/C13H17N3O2/c1-2-15-12(17)8-16-13(18)11-6-10(11)9-4-3-5-14-7-9/h3-5,7,10-11H,2,6,8H2,1H3,(H,15,17)(H,16,18). The summed E-state index contributed by atoms with van der Waals surface area (Å²) in [5.74, 6) is 0.0519. The van der Waals surface area contributed by atoms with Crippen molar-refractivity contribution in [2.24, 2.45) is 5.92 Å². The first-order valence-corrected chi connectivity index (χ1v) is 6.16. The Morgan fingerprint density at radius 3 is 2.94 bits per heavy atom. The van der Waals surface area contributed by atoms with Crippen LogP contribution in [0.25, 0.3) is 0 Å². The monoisotopic (exact) mass is 247 g/mol. The topological polar surface area (TPSA) is 71.1 Å². The van der Waals surface area contributed by atoms with Crippen LogP contribution in [0.1, 0.15) is 24.8 Å². The molecular formula is C13H17N3O2. The zero-order valence-corrected chi connectivity index (χ0v) is 10.3. The van der Waals surface area contributed by atoms with Crippen molar-refractivity contribution in [1.29, 1.82) is 0 Å². The van der Waals surface area contributed by atoms with Crippen LogP contribution < -0.4 is 10.6 Å². The second-order valence-corrected chi connectivity index (χ2v) is 4.41. The number of nitrogens with zero attached hydrogens (tertiary/aromatic N) is 1. The van der Waals surface area contributed by atoms with Crippen LogP contribution in [0.15, 0.2) is 24.5 Å². The lowest BCUT2D eigenvalue weighted by molar-refractivity contribution is -0.126. The summed E-state index contributed by atoms with van der Waals surface area (Å²) < 4.78 is 0. The van der Waals surface area contributed by atoms with Crippen molar-refractivity contribution in [1.82, 2.24) is 15.6 Å². The van der Waals surface area contributed by atoms with Gasteiger partial charge < -0.3 is 10.6 Å². The van der Waals surface area contributed by atoms with Crippen molar-refractivity contribution >= 4 is 11.8 Å². The molecule has 1 aromatic heterocycles. The normalized spacial score (nSPS) is 21.2. The van der Waals surface area contributed by atoms with E-state index >= 15 is 0 Å². The predicted octanol–water partition coefficient (Wildman–Crippen LogP) is 0.437. The summed E-state index contributed by atoms with van der Waals surface area (Å²) in [7, 11) is 0. The van der Waals surface area contributed by atoms with Gasteiger partial charge in [0.15, 0.2) is 0 Å². The molecule has 0 aromatic carbocycles. The highest BCUT2D eigenvalue weighted by Gasteiger charge is 2.43. The van der Waals surface area contributed by atoms with Crippen LogP contribution >= 0.6 is 0 Å². The summed E-state index contributed by atoms with van der Waals surface area (Å²) in [6.07, 6.45) is 4.35. The maximum atomic E-state index is 11.8. The molecule has 2 rings (SSSR count). The maximum absolute atomic E-state index is 11.8. The second-order valence-electron chi connectivity index (χ2n) is 4.41. The van der Waals surface area contributed by atoms with Gasteiger partial charge in [0.1, 0.15) is 0 Å². The highest BCUT2D eigenvalue weighted by molar-refractivity contribution is 5.87. The van der Waals surface area contributed by atoms with Crippen molar-refractivity contribution in [3.63, 3.8) is 0 Å². The summed E-state index contributed by atoms with van der Waals surface area (Å²) in [5.41, 5.74) is 1.09. The first-order chi connectivity index (χ1) is 8.72. The average Bonchev–Trinajstić information content (AvgIpc) is 3.18. The van der Waals surface area contributed by atoms with Crippen LogP contribution in [0.5, 0.6) is 0 Å². The minimum atomic E-state index is -0.149. The number of carbonyl (C=O) groups excluding carboxylic acids is 2. The third-order valence-corrected chi connectivity index (χ3v) is 3.04. The fourth-order valence-electron chi connectivity index (χ4n) is 2.01. The molecule has 5 nitrogen and oxygen atoms in total. The number of aromatic nitrogens is 1. The Morgan fingerprint density at radius 2 is 2.28 bits per heavy atom. The van der Waals surface area contributed by atoms with Crippen LogP contribution in [0.4, 0.5) is 0 Å². The van der Waals surface area contributed by atoms with E-state index in [-0.39, 0.29) is 30.2 Å². The molecular weight excluding hydrogens is 230 g/mol. The second kappa shape index (κ2) is 5.62. The lowest BCUT2D eigenvalue weighted by Gasteiger charge is -2.05. The summed E-state index contributed by atoms with van der Waals surface area (Å²) >= 11 is 0. The molecule has 0 spiro atoms. The first-order valence-electron chi connectivity index (χ1n) is 6.16. The van der Waals surface area contributed by atoms with Gasteiger partial charge in [0, 0.05) is 24.9 Å². The molecule has 1 aliphatic rings. The average molecular weight is 247 g/mol. The van der Waals surface area contributed by atoms with E-state index in [1.54, 1.807) is 12.4 Å². The van der Waals surface area contributed by atoms with Gasteiger partial charge >= 0.3 is 0 Å². The minimum Gasteiger partial charge on any atom is -0.355 e. The van der Waals surface area contributed by atoms with Gasteiger partial charge in [0.2, 0.25) is 11.8 Å². The number of hydrogen-bond acceptors (Lipinski definition) is 3. The molecule has 1 fully saturated rings. The van der Waals surface area contributed by atoms with Crippen molar-refractivity contribution < 1.29 is 9.59 Å². The molecule has 0 aliphatic heterocycles. The SMILES string of the molecule is CCNC(=O)CNC(=O)C1CC1c1cccnc1. The molecule has 0 radical (unpaired) electrons. The lowest BCUT2D eigenvalue weighted by Crippen LogP contribution is -2.37. The van der Waals surface area contributed by atoms with Gasteiger partial charge in [-0.05, 0) is 30.9 Å². The van der Waals surface area contributed by atoms with Crippen LogP contribution in [-0.2, 0) is 9.59 Å². The van der Waals surface area contributed by atoms with Gasteiger partial charge in [0.25, 0.3) is 0 Å². The number of carbonyl (C=O) groups is 2. The van der Waals surface area contributed by atoms with Gasteiger partial charge in [0.05, 0.1) is 6.54 Å². The van der Waals surface area contributed by atoms with Crippen molar-refractivity contribution in [3.8, 4) is 0 Å². The van der Waals surface area contributed by atoms with Gasteiger partial charge in [-0.1, -0.05) is 6.07 Å². The number of rotatable bonds is 5. The van der Waals surface area contributed by atoms with E-state index in [1.165, 1.54) is 0 Å². The molecule has 2 atom stereocenters. The zero-order valence-electron chi connectivity index (χ0n) is 10.3. The largest absolute Gasteiger partial charge is 0.355 e. The number of likely N-dealkylation sites (N-methyl/N-ethyl adjacent to an activating group) is 1. The van der Waals surface area contributed by atoms with E-state index in [2.05, 4.69) is 15.6 Å². The Bertz CT molecular complexity index is 433. The molecule has 5 heteroatoms.